The van der Waals surface area contributed by atoms with Crippen LogP contribution < -0.4 is 0 Å². The molecule has 8 aromatic rings. The third-order valence-corrected chi connectivity index (χ3v) is 8.10. The second-order valence-electron chi connectivity index (χ2n) is 10.9. The number of fused-ring (bicyclic) bond motifs is 2. The SMILES string of the molecule is c1ccc(-c2nc(-c3ccccc3)nc(-c3ccc4cc(-c5ccccc5-c5ccc6ccccc6c5)ccc4c3)n2)cc1. The fraction of sp³-hybridized carbons (Fsp3) is 0. The van der Waals surface area contributed by atoms with Crippen LogP contribution in [0.4, 0.5) is 0 Å². The number of aromatic nitrogens is 3. The summed E-state index contributed by atoms with van der Waals surface area (Å²) in [5, 5.41) is 4.80. The van der Waals surface area contributed by atoms with Crippen molar-refractivity contribution < 1.29 is 0 Å². The molecule has 0 bridgehead atoms. The molecule has 0 aliphatic rings. The Kier molecular flexibility index (Phi) is 6.47. The van der Waals surface area contributed by atoms with Crippen LogP contribution in [0.2, 0.25) is 0 Å². The molecule has 1 aromatic heterocycles. The summed E-state index contributed by atoms with van der Waals surface area (Å²) in [4.78, 5) is 14.7. The summed E-state index contributed by atoms with van der Waals surface area (Å²) in [5.74, 6) is 1.98. The van der Waals surface area contributed by atoms with Crippen LogP contribution in [0.15, 0.2) is 164 Å². The third kappa shape index (κ3) is 4.91. The largest absolute Gasteiger partial charge is 0.208 e. The molecule has 0 atom stereocenters. The first kappa shape index (κ1) is 25.8. The first-order valence-corrected chi connectivity index (χ1v) is 14.8. The molecule has 44 heavy (non-hydrogen) atoms. The van der Waals surface area contributed by atoms with E-state index in [1.165, 1.54) is 38.4 Å². The van der Waals surface area contributed by atoms with Gasteiger partial charge in [-0.05, 0) is 62.0 Å². The van der Waals surface area contributed by atoms with Gasteiger partial charge in [0.05, 0.1) is 0 Å². The van der Waals surface area contributed by atoms with Crippen LogP contribution in [0, 0.1) is 0 Å². The van der Waals surface area contributed by atoms with E-state index in [1.54, 1.807) is 0 Å². The summed E-state index contributed by atoms with van der Waals surface area (Å²) in [6, 6.07) is 57.2. The number of hydrogen-bond donors (Lipinski definition) is 0. The number of benzene rings is 7. The zero-order valence-corrected chi connectivity index (χ0v) is 23.9. The van der Waals surface area contributed by atoms with Crippen LogP contribution in [0.5, 0.6) is 0 Å². The Bertz CT molecular complexity index is 2220. The molecule has 0 aliphatic carbocycles. The van der Waals surface area contributed by atoms with Crippen molar-refractivity contribution >= 4 is 21.5 Å². The van der Waals surface area contributed by atoms with E-state index in [0.29, 0.717) is 17.5 Å². The quantitative estimate of drug-likeness (QED) is 0.210. The second-order valence-corrected chi connectivity index (χ2v) is 10.9. The monoisotopic (exact) mass is 561 g/mol. The highest BCUT2D eigenvalue weighted by molar-refractivity contribution is 5.95. The smallest absolute Gasteiger partial charge is 0.164 e. The summed E-state index contributed by atoms with van der Waals surface area (Å²) in [6.45, 7) is 0. The molecule has 3 heteroatoms. The van der Waals surface area contributed by atoms with Crippen LogP contribution in [-0.4, -0.2) is 15.0 Å². The maximum absolute atomic E-state index is 4.92. The predicted molar refractivity (Wildman–Crippen MR) is 182 cm³/mol. The first-order chi connectivity index (χ1) is 21.8. The fourth-order valence-electron chi connectivity index (χ4n) is 5.83. The highest BCUT2D eigenvalue weighted by Crippen LogP contribution is 2.36. The summed E-state index contributed by atoms with van der Waals surface area (Å²) in [5.41, 5.74) is 7.72. The lowest BCUT2D eigenvalue weighted by molar-refractivity contribution is 1.07. The van der Waals surface area contributed by atoms with Gasteiger partial charge in [-0.15, -0.1) is 0 Å². The van der Waals surface area contributed by atoms with Crippen LogP contribution in [0.3, 0.4) is 0 Å². The Morgan fingerprint density at radius 3 is 1.16 bits per heavy atom. The highest BCUT2D eigenvalue weighted by Gasteiger charge is 2.13. The maximum Gasteiger partial charge on any atom is 0.164 e. The van der Waals surface area contributed by atoms with E-state index in [1.807, 2.05) is 60.7 Å². The molecule has 0 N–H and O–H groups in total. The Morgan fingerprint density at radius 2 is 0.614 bits per heavy atom. The first-order valence-electron chi connectivity index (χ1n) is 14.8. The maximum atomic E-state index is 4.92. The van der Waals surface area contributed by atoms with Crippen molar-refractivity contribution in [3.63, 3.8) is 0 Å². The van der Waals surface area contributed by atoms with Crippen molar-refractivity contribution in [2.24, 2.45) is 0 Å². The van der Waals surface area contributed by atoms with E-state index in [0.717, 1.165) is 22.1 Å². The third-order valence-electron chi connectivity index (χ3n) is 8.10. The van der Waals surface area contributed by atoms with Gasteiger partial charge < -0.3 is 0 Å². The van der Waals surface area contributed by atoms with Crippen molar-refractivity contribution in [3.05, 3.63) is 164 Å². The van der Waals surface area contributed by atoms with Crippen LogP contribution >= 0.6 is 0 Å². The van der Waals surface area contributed by atoms with E-state index in [-0.39, 0.29) is 0 Å². The number of hydrogen-bond acceptors (Lipinski definition) is 3. The summed E-state index contributed by atoms with van der Waals surface area (Å²) >= 11 is 0. The molecule has 7 aromatic carbocycles. The van der Waals surface area contributed by atoms with Gasteiger partial charge in [-0.2, -0.15) is 0 Å². The van der Waals surface area contributed by atoms with Gasteiger partial charge in [0.15, 0.2) is 17.5 Å². The molecule has 8 rings (SSSR count). The fourth-order valence-corrected chi connectivity index (χ4v) is 5.83. The van der Waals surface area contributed by atoms with E-state index in [4.69, 9.17) is 15.0 Å². The Balaban J connectivity index is 1.20. The molecule has 0 radical (unpaired) electrons. The molecule has 1 heterocycles. The highest BCUT2D eigenvalue weighted by atomic mass is 15.0. The van der Waals surface area contributed by atoms with E-state index in [9.17, 15) is 0 Å². The van der Waals surface area contributed by atoms with Crippen molar-refractivity contribution in [3.8, 4) is 56.4 Å². The lowest BCUT2D eigenvalue weighted by Gasteiger charge is -2.13. The zero-order chi connectivity index (χ0) is 29.3. The lowest BCUT2D eigenvalue weighted by atomic mass is 9.92. The molecule has 206 valence electrons. The average Bonchev–Trinajstić information content (AvgIpc) is 3.11. The van der Waals surface area contributed by atoms with Gasteiger partial charge in [0.25, 0.3) is 0 Å². The molecule has 0 unspecified atom stereocenters. The van der Waals surface area contributed by atoms with E-state index >= 15 is 0 Å². The molecule has 0 saturated heterocycles. The normalized spacial score (nSPS) is 11.2. The van der Waals surface area contributed by atoms with Gasteiger partial charge in [0.1, 0.15) is 0 Å². The summed E-state index contributed by atoms with van der Waals surface area (Å²) < 4.78 is 0. The van der Waals surface area contributed by atoms with Gasteiger partial charge in [-0.1, -0.05) is 146 Å². The minimum atomic E-state index is 0.658. The van der Waals surface area contributed by atoms with Crippen molar-refractivity contribution in [2.45, 2.75) is 0 Å². The number of rotatable bonds is 5. The average molecular weight is 562 g/mol. The van der Waals surface area contributed by atoms with Crippen LogP contribution in [0.1, 0.15) is 0 Å². The minimum Gasteiger partial charge on any atom is -0.208 e. The topological polar surface area (TPSA) is 38.7 Å². The molecular formula is C41H27N3. The van der Waals surface area contributed by atoms with E-state index in [2.05, 4.69) is 103 Å². The molecule has 0 aliphatic heterocycles. The van der Waals surface area contributed by atoms with Crippen LogP contribution in [-0.2, 0) is 0 Å². The predicted octanol–water partition coefficient (Wildman–Crippen LogP) is 10.5. The summed E-state index contributed by atoms with van der Waals surface area (Å²) in [7, 11) is 0. The molecule has 3 nitrogen and oxygen atoms in total. The minimum absolute atomic E-state index is 0.658. The zero-order valence-electron chi connectivity index (χ0n) is 23.9. The number of nitrogens with zero attached hydrogens (tertiary/aromatic N) is 3. The molecular weight excluding hydrogens is 534 g/mol. The van der Waals surface area contributed by atoms with Crippen molar-refractivity contribution in [2.75, 3.05) is 0 Å². The van der Waals surface area contributed by atoms with Gasteiger partial charge in [0, 0.05) is 16.7 Å². The standard InChI is InChI=1S/C41H27N3/c1-3-12-29(13-4-1)39-42-40(30-14-5-2-6-15-30)44-41(43-39)36-24-21-32-26-35(23-20-33(32)27-36)38-18-10-9-17-37(38)34-22-19-28-11-7-8-16-31(28)25-34/h1-27H. The van der Waals surface area contributed by atoms with Gasteiger partial charge >= 0.3 is 0 Å². The lowest BCUT2D eigenvalue weighted by Crippen LogP contribution is -2.00. The van der Waals surface area contributed by atoms with Gasteiger partial charge in [-0.3, -0.25) is 0 Å². The Hall–Kier alpha value is -5.93. The van der Waals surface area contributed by atoms with Crippen molar-refractivity contribution in [1.82, 2.24) is 15.0 Å². The van der Waals surface area contributed by atoms with Gasteiger partial charge in [0.2, 0.25) is 0 Å². The Labute approximate surface area is 256 Å². The Morgan fingerprint density at radius 1 is 0.250 bits per heavy atom. The second kappa shape index (κ2) is 11.0. The van der Waals surface area contributed by atoms with Crippen molar-refractivity contribution in [1.29, 1.82) is 0 Å². The summed E-state index contributed by atoms with van der Waals surface area (Å²) in [6.07, 6.45) is 0. The molecule has 0 saturated carbocycles. The molecule has 0 amide bonds. The molecule has 0 spiro atoms. The van der Waals surface area contributed by atoms with E-state index < -0.39 is 0 Å². The van der Waals surface area contributed by atoms with Crippen LogP contribution in [0.25, 0.3) is 78.0 Å². The molecule has 0 fully saturated rings. The van der Waals surface area contributed by atoms with Gasteiger partial charge in [-0.25, -0.2) is 15.0 Å².